The molecular formula is C8H12N2. The van der Waals surface area contributed by atoms with Crippen LogP contribution in [0.3, 0.4) is 0 Å². The SMILES string of the molecule is N.c1ccc2c(c1)CCN2. The number of hydrogen-bond donors (Lipinski definition) is 2. The van der Waals surface area contributed by atoms with Crippen LogP contribution in [0.25, 0.3) is 0 Å². The summed E-state index contributed by atoms with van der Waals surface area (Å²) >= 11 is 0. The molecule has 1 aromatic carbocycles. The predicted molar refractivity (Wildman–Crippen MR) is 43.7 cm³/mol. The van der Waals surface area contributed by atoms with Crippen molar-refractivity contribution in [1.82, 2.24) is 6.15 Å². The zero-order valence-electron chi connectivity index (χ0n) is 5.93. The lowest BCUT2D eigenvalue weighted by atomic mass is 10.2. The summed E-state index contributed by atoms with van der Waals surface area (Å²) in [5.41, 5.74) is 2.77. The molecule has 0 atom stereocenters. The third-order valence-corrected chi connectivity index (χ3v) is 1.73. The van der Waals surface area contributed by atoms with Crippen LogP contribution in [0.15, 0.2) is 24.3 Å². The van der Waals surface area contributed by atoms with Gasteiger partial charge in [0.05, 0.1) is 0 Å². The van der Waals surface area contributed by atoms with Crippen LogP contribution in [-0.2, 0) is 6.42 Å². The standard InChI is InChI=1S/C8H9N.H3N/c1-2-4-8-7(3-1)5-6-9-8;/h1-4,9H,5-6H2;1H3. The van der Waals surface area contributed by atoms with Gasteiger partial charge in [0.1, 0.15) is 0 Å². The molecule has 0 saturated heterocycles. The van der Waals surface area contributed by atoms with Crippen LogP contribution < -0.4 is 11.5 Å². The van der Waals surface area contributed by atoms with Crippen molar-refractivity contribution >= 4 is 5.69 Å². The van der Waals surface area contributed by atoms with Crippen LogP contribution >= 0.6 is 0 Å². The molecule has 10 heavy (non-hydrogen) atoms. The highest BCUT2D eigenvalue weighted by Crippen LogP contribution is 2.19. The van der Waals surface area contributed by atoms with E-state index in [-0.39, 0.29) is 6.15 Å². The Balaban J connectivity index is 0.000000500. The Morgan fingerprint density at radius 2 is 2.00 bits per heavy atom. The summed E-state index contributed by atoms with van der Waals surface area (Å²) < 4.78 is 0. The Labute approximate surface area is 60.8 Å². The molecule has 2 nitrogen and oxygen atoms in total. The molecule has 1 aliphatic rings. The van der Waals surface area contributed by atoms with Gasteiger partial charge in [-0.3, -0.25) is 0 Å². The summed E-state index contributed by atoms with van der Waals surface area (Å²) in [6, 6.07) is 8.46. The third-order valence-electron chi connectivity index (χ3n) is 1.73. The Bertz CT molecular complexity index is 197. The molecule has 4 N–H and O–H groups in total. The number of anilines is 1. The zero-order valence-corrected chi connectivity index (χ0v) is 5.93. The molecule has 0 unspecified atom stereocenters. The van der Waals surface area contributed by atoms with E-state index in [2.05, 4.69) is 29.6 Å². The smallest absolute Gasteiger partial charge is 0.0373 e. The molecule has 0 saturated carbocycles. The first-order chi connectivity index (χ1) is 4.47. The average molecular weight is 136 g/mol. The van der Waals surface area contributed by atoms with Crippen LogP contribution in [0.2, 0.25) is 0 Å². The number of hydrogen-bond acceptors (Lipinski definition) is 2. The highest BCUT2D eigenvalue weighted by Gasteiger charge is 2.05. The highest BCUT2D eigenvalue weighted by atomic mass is 14.9. The van der Waals surface area contributed by atoms with Gasteiger partial charge in [0.15, 0.2) is 0 Å². The minimum Gasteiger partial charge on any atom is -0.384 e. The fourth-order valence-corrected chi connectivity index (χ4v) is 1.24. The number of para-hydroxylation sites is 1. The van der Waals surface area contributed by atoms with E-state index in [4.69, 9.17) is 0 Å². The van der Waals surface area contributed by atoms with E-state index in [1.807, 2.05) is 0 Å². The molecule has 0 fully saturated rings. The summed E-state index contributed by atoms with van der Waals surface area (Å²) in [5.74, 6) is 0. The normalized spacial score (nSPS) is 13.2. The van der Waals surface area contributed by atoms with Gasteiger partial charge in [-0.25, -0.2) is 0 Å². The molecule has 1 aromatic rings. The van der Waals surface area contributed by atoms with Gasteiger partial charge in [-0.1, -0.05) is 18.2 Å². The number of fused-ring (bicyclic) bond motifs is 1. The third kappa shape index (κ3) is 0.977. The Kier molecular flexibility index (Phi) is 1.92. The van der Waals surface area contributed by atoms with Gasteiger partial charge < -0.3 is 11.5 Å². The minimum atomic E-state index is 0. The molecule has 54 valence electrons. The second-order valence-electron chi connectivity index (χ2n) is 2.33. The van der Waals surface area contributed by atoms with Gasteiger partial charge in [-0.05, 0) is 18.1 Å². The fourth-order valence-electron chi connectivity index (χ4n) is 1.24. The molecule has 1 aliphatic heterocycles. The van der Waals surface area contributed by atoms with Gasteiger partial charge in [-0.2, -0.15) is 0 Å². The quantitative estimate of drug-likeness (QED) is 0.571. The maximum Gasteiger partial charge on any atom is 0.0373 e. The van der Waals surface area contributed by atoms with Gasteiger partial charge >= 0.3 is 0 Å². The maximum atomic E-state index is 3.30. The molecule has 2 rings (SSSR count). The van der Waals surface area contributed by atoms with Crippen LogP contribution in [-0.4, -0.2) is 6.54 Å². The molecule has 0 bridgehead atoms. The van der Waals surface area contributed by atoms with Crippen molar-refractivity contribution in [3.63, 3.8) is 0 Å². The molecular weight excluding hydrogens is 124 g/mol. The van der Waals surface area contributed by atoms with Crippen LogP contribution in [0.5, 0.6) is 0 Å². The van der Waals surface area contributed by atoms with Gasteiger partial charge in [-0.15, -0.1) is 0 Å². The van der Waals surface area contributed by atoms with E-state index in [0.29, 0.717) is 0 Å². The van der Waals surface area contributed by atoms with Crippen molar-refractivity contribution in [1.29, 1.82) is 0 Å². The number of benzene rings is 1. The molecule has 0 amide bonds. The second-order valence-corrected chi connectivity index (χ2v) is 2.33. The van der Waals surface area contributed by atoms with Crippen LogP contribution in [0, 0.1) is 0 Å². The molecule has 0 spiro atoms. The number of rotatable bonds is 0. The van der Waals surface area contributed by atoms with E-state index in [9.17, 15) is 0 Å². The average Bonchev–Trinajstić information content (AvgIpc) is 2.33. The van der Waals surface area contributed by atoms with Gasteiger partial charge in [0.2, 0.25) is 0 Å². The first-order valence-corrected chi connectivity index (χ1v) is 3.28. The van der Waals surface area contributed by atoms with Crippen LogP contribution in [0.1, 0.15) is 5.56 Å². The Hall–Kier alpha value is -1.02. The van der Waals surface area contributed by atoms with E-state index in [0.717, 1.165) is 6.54 Å². The largest absolute Gasteiger partial charge is 0.384 e. The Morgan fingerprint density at radius 3 is 2.80 bits per heavy atom. The monoisotopic (exact) mass is 136 g/mol. The topological polar surface area (TPSA) is 47.0 Å². The van der Waals surface area contributed by atoms with E-state index in [1.54, 1.807) is 0 Å². The lowest BCUT2D eigenvalue weighted by molar-refractivity contribution is 1.11. The summed E-state index contributed by atoms with van der Waals surface area (Å²) in [4.78, 5) is 0. The fraction of sp³-hybridized carbons (Fsp3) is 0.250. The van der Waals surface area contributed by atoms with Crippen molar-refractivity contribution in [2.24, 2.45) is 0 Å². The first-order valence-electron chi connectivity index (χ1n) is 3.28. The molecule has 1 heterocycles. The van der Waals surface area contributed by atoms with Gasteiger partial charge in [0, 0.05) is 12.2 Å². The molecule has 0 aromatic heterocycles. The van der Waals surface area contributed by atoms with E-state index < -0.39 is 0 Å². The minimum absolute atomic E-state index is 0. The van der Waals surface area contributed by atoms with E-state index in [1.165, 1.54) is 17.7 Å². The maximum absolute atomic E-state index is 3.30. The van der Waals surface area contributed by atoms with Crippen molar-refractivity contribution in [3.05, 3.63) is 29.8 Å². The molecule has 2 heteroatoms. The van der Waals surface area contributed by atoms with E-state index >= 15 is 0 Å². The summed E-state index contributed by atoms with van der Waals surface area (Å²) in [7, 11) is 0. The first kappa shape index (κ1) is 7.09. The van der Waals surface area contributed by atoms with Crippen LogP contribution in [0.4, 0.5) is 5.69 Å². The lowest BCUT2D eigenvalue weighted by Gasteiger charge is -1.94. The van der Waals surface area contributed by atoms with Crippen molar-refractivity contribution in [3.8, 4) is 0 Å². The van der Waals surface area contributed by atoms with Crippen molar-refractivity contribution < 1.29 is 0 Å². The number of nitrogens with one attached hydrogen (secondary N) is 1. The van der Waals surface area contributed by atoms with Crippen molar-refractivity contribution in [2.45, 2.75) is 6.42 Å². The summed E-state index contributed by atoms with van der Waals surface area (Å²) in [6.07, 6.45) is 1.19. The highest BCUT2D eigenvalue weighted by molar-refractivity contribution is 5.54. The summed E-state index contributed by atoms with van der Waals surface area (Å²) in [6.45, 7) is 1.11. The predicted octanol–water partition coefficient (Wildman–Crippen LogP) is 1.82. The summed E-state index contributed by atoms with van der Waals surface area (Å²) in [5, 5.41) is 3.30. The zero-order chi connectivity index (χ0) is 6.10. The Morgan fingerprint density at radius 1 is 1.20 bits per heavy atom. The molecule has 0 aliphatic carbocycles. The molecule has 0 radical (unpaired) electrons. The van der Waals surface area contributed by atoms with Gasteiger partial charge in [0.25, 0.3) is 0 Å². The second kappa shape index (κ2) is 2.71. The lowest BCUT2D eigenvalue weighted by Crippen LogP contribution is -1.90. The van der Waals surface area contributed by atoms with Crippen molar-refractivity contribution in [2.75, 3.05) is 11.9 Å².